The van der Waals surface area contributed by atoms with Crippen molar-refractivity contribution in [1.82, 2.24) is 9.99 Å². The van der Waals surface area contributed by atoms with Crippen molar-refractivity contribution in [3.8, 4) is 0 Å². The van der Waals surface area contributed by atoms with E-state index in [1.165, 1.54) is 12.1 Å². The summed E-state index contributed by atoms with van der Waals surface area (Å²) in [6, 6.07) is 12.3. The number of aromatic nitrogens is 1. The van der Waals surface area contributed by atoms with Crippen LogP contribution in [0.3, 0.4) is 0 Å². The number of pyridine rings is 1. The number of piperazine rings is 1. The van der Waals surface area contributed by atoms with Gasteiger partial charge in [0.05, 0.1) is 24.2 Å². The Bertz CT molecular complexity index is 679. The Kier molecular flexibility index (Phi) is 4.46. The van der Waals surface area contributed by atoms with Crippen molar-refractivity contribution < 1.29 is 4.92 Å². The van der Waals surface area contributed by atoms with Crippen LogP contribution in [0, 0.1) is 10.1 Å². The molecular formula is C16H17N5O2. The molecule has 0 aliphatic carbocycles. The van der Waals surface area contributed by atoms with Crippen LogP contribution in [0.25, 0.3) is 0 Å². The predicted octanol–water partition coefficient (Wildman–Crippen LogP) is 2.15. The van der Waals surface area contributed by atoms with Crippen molar-refractivity contribution in [1.29, 1.82) is 0 Å². The van der Waals surface area contributed by atoms with E-state index in [0.717, 1.165) is 37.6 Å². The minimum atomic E-state index is -0.405. The highest BCUT2D eigenvalue weighted by Gasteiger charge is 2.16. The molecule has 0 N–H and O–H groups in total. The van der Waals surface area contributed by atoms with Gasteiger partial charge >= 0.3 is 0 Å². The highest BCUT2D eigenvalue weighted by Crippen LogP contribution is 2.13. The average molecular weight is 311 g/mol. The van der Waals surface area contributed by atoms with E-state index in [1.807, 2.05) is 23.2 Å². The molecule has 0 atom stereocenters. The van der Waals surface area contributed by atoms with E-state index in [-0.39, 0.29) is 5.69 Å². The molecule has 1 aliphatic rings. The van der Waals surface area contributed by atoms with Gasteiger partial charge in [0.25, 0.3) is 5.69 Å². The van der Waals surface area contributed by atoms with E-state index < -0.39 is 4.92 Å². The summed E-state index contributed by atoms with van der Waals surface area (Å²) in [5.74, 6) is 0.992. The molecule has 0 spiro atoms. The lowest BCUT2D eigenvalue weighted by atomic mass is 10.2. The zero-order valence-corrected chi connectivity index (χ0v) is 12.6. The molecule has 1 aliphatic heterocycles. The first-order chi connectivity index (χ1) is 11.2. The van der Waals surface area contributed by atoms with E-state index in [1.54, 1.807) is 24.5 Å². The first-order valence-corrected chi connectivity index (χ1v) is 7.42. The highest BCUT2D eigenvalue weighted by atomic mass is 16.6. The van der Waals surface area contributed by atoms with Gasteiger partial charge in [0.1, 0.15) is 5.82 Å². The summed E-state index contributed by atoms with van der Waals surface area (Å²) in [5.41, 5.74) is 0.939. The standard InChI is InChI=1S/C16H17N5O2/c22-21(23)15-6-4-14(5-7-15)13-18-20-11-9-19(10-12-20)16-3-1-2-8-17-16/h1-8,13H,9-12H2. The minimum absolute atomic E-state index is 0.0890. The zero-order valence-electron chi connectivity index (χ0n) is 12.6. The number of non-ortho nitro benzene ring substituents is 1. The third-order valence-electron chi connectivity index (χ3n) is 3.70. The molecule has 23 heavy (non-hydrogen) atoms. The van der Waals surface area contributed by atoms with Crippen LogP contribution in [-0.4, -0.2) is 47.3 Å². The van der Waals surface area contributed by atoms with Crippen LogP contribution in [0.2, 0.25) is 0 Å². The van der Waals surface area contributed by atoms with E-state index >= 15 is 0 Å². The average Bonchev–Trinajstić information content (AvgIpc) is 2.61. The molecule has 2 aromatic rings. The van der Waals surface area contributed by atoms with Crippen molar-refractivity contribution >= 4 is 17.7 Å². The van der Waals surface area contributed by atoms with E-state index in [9.17, 15) is 10.1 Å². The van der Waals surface area contributed by atoms with Crippen molar-refractivity contribution in [2.75, 3.05) is 31.1 Å². The number of benzene rings is 1. The van der Waals surface area contributed by atoms with Crippen LogP contribution in [-0.2, 0) is 0 Å². The van der Waals surface area contributed by atoms with E-state index in [0.29, 0.717) is 0 Å². The maximum absolute atomic E-state index is 10.6. The third kappa shape index (κ3) is 3.82. The monoisotopic (exact) mass is 311 g/mol. The SMILES string of the molecule is O=[N+]([O-])c1ccc(C=NN2CCN(c3ccccn3)CC2)cc1. The van der Waals surface area contributed by atoms with Gasteiger partial charge in [0, 0.05) is 31.4 Å². The lowest BCUT2D eigenvalue weighted by Crippen LogP contribution is -2.44. The van der Waals surface area contributed by atoms with Gasteiger partial charge in [0.2, 0.25) is 0 Å². The number of rotatable bonds is 4. The van der Waals surface area contributed by atoms with Gasteiger partial charge in [-0.3, -0.25) is 15.1 Å². The van der Waals surface area contributed by atoms with Crippen LogP contribution >= 0.6 is 0 Å². The molecule has 0 unspecified atom stereocenters. The molecule has 7 nitrogen and oxygen atoms in total. The number of hydrogen-bond acceptors (Lipinski definition) is 6. The summed E-state index contributed by atoms with van der Waals surface area (Å²) in [4.78, 5) is 16.8. The molecule has 0 bridgehead atoms. The van der Waals surface area contributed by atoms with Crippen molar-refractivity contribution in [3.63, 3.8) is 0 Å². The topological polar surface area (TPSA) is 74.9 Å². The van der Waals surface area contributed by atoms with Gasteiger partial charge in [0.15, 0.2) is 0 Å². The number of nitrogens with zero attached hydrogens (tertiary/aromatic N) is 5. The number of anilines is 1. The van der Waals surface area contributed by atoms with Gasteiger partial charge in [-0.15, -0.1) is 0 Å². The lowest BCUT2D eigenvalue weighted by Gasteiger charge is -2.33. The highest BCUT2D eigenvalue weighted by molar-refractivity contribution is 5.79. The minimum Gasteiger partial charge on any atom is -0.353 e. The van der Waals surface area contributed by atoms with Crippen LogP contribution in [0.5, 0.6) is 0 Å². The summed E-state index contributed by atoms with van der Waals surface area (Å²) in [6.07, 6.45) is 3.54. The predicted molar refractivity (Wildman–Crippen MR) is 88.7 cm³/mol. The van der Waals surface area contributed by atoms with Crippen LogP contribution in [0.4, 0.5) is 11.5 Å². The Balaban J connectivity index is 1.55. The van der Waals surface area contributed by atoms with E-state index in [4.69, 9.17) is 0 Å². The van der Waals surface area contributed by atoms with E-state index in [2.05, 4.69) is 15.0 Å². The maximum atomic E-state index is 10.6. The molecule has 118 valence electrons. The Hall–Kier alpha value is -2.96. The number of nitro groups is 1. The molecular weight excluding hydrogens is 294 g/mol. The Labute approximate surface area is 134 Å². The van der Waals surface area contributed by atoms with Gasteiger partial charge in [-0.05, 0) is 29.8 Å². The molecule has 0 saturated carbocycles. The molecule has 7 heteroatoms. The molecule has 2 heterocycles. The first-order valence-electron chi connectivity index (χ1n) is 7.42. The zero-order chi connectivity index (χ0) is 16.1. The summed E-state index contributed by atoms with van der Waals surface area (Å²) in [7, 11) is 0. The molecule has 1 aromatic carbocycles. The summed E-state index contributed by atoms with van der Waals surface area (Å²) >= 11 is 0. The van der Waals surface area contributed by atoms with Gasteiger partial charge in [-0.2, -0.15) is 5.10 Å². The summed E-state index contributed by atoms with van der Waals surface area (Å²) in [6.45, 7) is 3.38. The van der Waals surface area contributed by atoms with Gasteiger partial charge in [-0.1, -0.05) is 6.07 Å². The maximum Gasteiger partial charge on any atom is 0.269 e. The fourth-order valence-corrected chi connectivity index (χ4v) is 2.41. The smallest absolute Gasteiger partial charge is 0.269 e. The molecule has 0 radical (unpaired) electrons. The van der Waals surface area contributed by atoms with Crippen molar-refractivity contribution in [3.05, 3.63) is 64.3 Å². The fraction of sp³-hybridized carbons (Fsp3) is 0.250. The molecule has 3 rings (SSSR count). The third-order valence-corrected chi connectivity index (χ3v) is 3.70. The van der Waals surface area contributed by atoms with Crippen LogP contribution in [0.15, 0.2) is 53.8 Å². The number of hydrazone groups is 1. The number of hydrogen-bond donors (Lipinski definition) is 0. The molecule has 0 amide bonds. The van der Waals surface area contributed by atoms with Crippen molar-refractivity contribution in [2.45, 2.75) is 0 Å². The summed E-state index contributed by atoms with van der Waals surface area (Å²) < 4.78 is 0. The largest absolute Gasteiger partial charge is 0.353 e. The Morgan fingerprint density at radius 1 is 1.09 bits per heavy atom. The number of nitro benzene ring substituents is 1. The second kappa shape index (κ2) is 6.87. The normalized spacial score (nSPS) is 15.1. The van der Waals surface area contributed by atoms with Gasteiger partial charge in [-0.25, -0.2) is 4.98 Å². The van der Waals surface area contributed by atoms with Crippen LogP contribution in [0.1, 0.15) is 5.56 Å². The second-order valence-corrected chi connectivity index (χ2v) is 5.22. The van der Waals surface area contributed by atoms with Crippen molar-refractivity contribution in [2.24, 2.45) is 5.10 Å². The quantitative estimate of drug-likeness (QED) is 0.491. The first kappa shape index (κ1) is 15.0. The van der Waals surface area contributed by atoms with Gasteiger partial charge < -0.3 is 4.90 Å². The molecule has 1 aromatic heterocycles. The molecule has 1 saturated heterocycles. The second-order valence-electron chi connectivity index (χ2n) is 5.22. The fourth-order valence-electron chi connectivity index (χ4n) is 2.41. The summed E-state index contributed by atoms with van der Waals surface area (Å²) in [5, 5.41) is 17.1. The Morgan fingerprint density at radius 2 is 1.83 bits per heavy atom. The molecule has 1 fully saturated rings. The lowest BCUT2D eigenvalue weighted by molar-refractivity contribution is -0.384. The van der Waals surface area contributed by atoms with Crippen LogP contribution < -0.4 is 4.90 Å². The Morgan fingerprint density at radius 3 is 2.43 bits per heavy atom.